The number of alkyl halides is 3. The molecule has 3 aromatic rings. The fourth-order valence-corrected chi connectivity index (χ4v) is 3.15. The number of imidazole rings is 1. The van der Waals surface area contributed by atoms with Gasteiger partial charge in [0.25, 0.3) is 5.91 Å². The molecule has 0 spiro atoms. The maximum atomic E-state index is 13.9. The van der Waals surface area contributed by atoms with Crippen LogP contribution in [0, 0.1) is 18.6 Å². The third-order valence-corrected chi connectivity index (χ3v) is 4.76. The van der Waals surface area contributed by atoms with Crippen molar-refractivity contribution >= 4 is 17.5 Å². The van der Waals surface area contributed by atoms with Crippen LogP contribution in [0.15, 0.2) is 36.5 Å². The lowest BCUT2D eigenvalue weighted by Crippen LogP contribution is -2.42. The van der Waals surface area contributed by atoms with Crippen LogP contribution in [0.1, 0.15) is 34.6 Å². The lowest BCUT2D eigenvalue weighted by Gasteiger charge is -2.16. The molecule has 0 aliphatic carbocycles. The fourth-order valence-electron chi connectivity index (χ4n) is 3.15. The normalized spacial score (nSPS) is 12.5. The summed E-state index contributed by atoms with van der Waals surface area (Å²) in [5, 5.41) is 11.3. The molecule has 0 radical (unpaired) electrons. The van der Waals surface area contributed by atoms with E-state index in [2.05, 4.69) is 10.3 Å². The number of nitrogens with zero attached hydrogens (tertiary/aromatic N) is 2. The van der Waals surface area contributed by atoms with Crippen molar-refractivity contribution in [3.05, 3.63) is 65.1 Å². The molecule has 0 unspecified atom stereocenters. The predicted octanol–water partition coefficient (Wildman–Crippen LogP) is 4.03. The molecule has 1 amide bonds. The molecular formula is C21H18F5N3O4. The van der Waals surface area contributed by atoms with Crippen molar-refractivity contribution in [2.75, 3.05) is 0 Å². The molecule has 0 fully saturated rings. The minimum Gasteiger partial charge on any atom is -0.485 e. The number of fused-ring (bicyclic) bond motifs is 1. The van der Waals surface area contributed by atoms with Gasteiger partial charge in [-0.1, -0.05) is 6.07 Å². The van der Waals surface area contributed by atoms with E-state index in [9.17, 15) is 36.6 Å². The van der Waals surface area contributed by atoms with Gasteiger partial charge in [-0.05, 0) is 37.6 Å². The van der Waals surface area contributed by atoms with Crippen LogP contribution in [0.5, 0.6) is 5.75 Å². The zero-order valence-corrected chi connectivity index (χ0v) is 17.1. The number of halogens is 5. The Bertz CT molecular complexity index is 1170. The van der Waals surface area contributed by atoms with Crippen molar-refractivity contribution in [3.63, 3.8) is 0 Å². The van der Waals surface area contributed by atoms with Crippen LogP contribution in [0.4, 0.5) is 22.0 Å². The molecule has 2 N–H and O–H groups in total. The Morgan fingerprint density at radius 1 is 1.18 bits per heavy atom. The Hall–Kier alpha value is -3.70. The van der Waals surface area contributed by atoms with Crippen molar-refractivity contribution in [2.45, 2.75) is 38.6 Å². The van der Waals surface area contributed by atoms with Gasteiger partial charge in [-0.3, -0.25) is 9.20 Å². The first-order chi connectivity index (χ1) is 15.5. The number of benzene rings is 1. The lowest BCUT2D eigenvalue weighted by molar-refractivity contribution is -0.145. The molecular weight excluding hydrogens is 453 g/mol. The Balaban J connectivity index is 1.85. The average Bonchev–Trinajstić information content (AvgIpc) is 3.06. The predicted molar refractivity (Wildman–Crippen MR) is 105 cm³/mol. The quantitative estimate of drug-likeness (QED) is 0.484. The van der Waals surface area contributed by atoms with Gasteiger partial charge in [0, 0.05) is 12.6 Å². The van der Waals surface area contributed by atoms with Crippen LogP contribution >= 0.6 is 0 Å². The largest absolute Gasteiger partial charge is 0.485 e. The van der Waals surface area contributed by atoms with Gasteiger partial charge in [-0.25, -0.2) is 18.6 Å². The number of nitrogens with one attached hydrogen (secondary N) is 1. The second-order valence-electron chi connectivity index (χ2n) is 7.12. The maximum Gasteiger partial charge on any atom is 0.389 e. The lowest BCUT2D eigenvalue weighted by atomic mass is 10.1. The molecule has 176 valence electrons. The number of aromatic nitrogens is 2. The number of carbonyl (C=O) groups excluding carboxylic acids is 1. The van der Waals surface area contributed by atoms with E-state index >= 15 is 0 Å². The van der Waals surface area contributed by atoms with E-state index < -0.39 is 55.2 Å². The number of hydrogen-bond acceptors (Lipinski definition) is 4. The molecule has 33 heavy (non-hydrogen) atoms. The monoisotopic (exact) mass is 471 g/mol. The van der Waals surface area contributed by atoms with Crippen molar-refractivity contribution in [1.29, 1.82) is 0 Å². The van der Waals surface area contributed by atoms with E-state index in [-0.39, 0.29) is 28.3 Å². The highest BCUT2D eigenvalue weighted by molar-refractivity contribution is 5.97. The zero-order chi connectivity index (χ0) is 24.3. The van der Waals surface area contributed by atoms with E-state index in [0.717, 1.165) is 12.1 Å². The number of hydrogen-bond donors (Lipinski definition) is 2. The molecule has 1 atom stereocenters. The Kier molecular flexibility index (Phi) is 6.84. The number of carbonyl (C=O) groups is 2. The first-order valence-electron chi connectivity index (χ1n) is 9.61. The minimum atomic E-state index is -4.58. The molecule has 2 heterocycles. The highest BCUT2D eigenvalue weighted by Crippen LogP contribution is 2.25. The van der Waals surface area contributed by atoms with Crippen molar-refractivity contribution in [3.8, 4) is 5.75 Å². The Morgan fingerprint density at radius 3 is 2.45 bits per heavy atom. The summed E-state index contributed by atoms with van der Waals surface area (Å²) in [7, 11) is 0. The molecule has 12 heteroatoms. The number of aliphatic carboxylic acids is 1. The summed E-state index contributed by atoms with van der Waals surface area (Å²) >= 11 is 0. The highest BCUT2D eigenvalue weighted by Gasteiger charge is 2.32. The molecule has 0 aliphatic rings. The van der Waals surface area contributed by atoms with Crippen molar-refractivity contribution in [1.82, 2.24) is 14.7 Å². The van der Waals surface area contributed by atoms with Gasteiger partial charge in [-0.2, -0.15) is 13.2 Å². The molecule has 7 nitrogen and oxygen atoms in total. The van der Waals surface area contributed by atoms with E-state index in [1.54, 1.807) is 0 Å². The van der Waals surface area contributed by atoms with Gasteiger partial charge in [0.05, 0.1) is 11.3 Å². The van der Waals surface area contributed by atoms with Gasteiger partial charge in [-0.15, -0.1) is 0 Å². The highest BCUT2D eigenvalue weighted by atomic mass is 19.4. The summed E-state index contributed by atoms with van der Waals surface area (Å²) in [4.78, 5) is 28.2. The Morgan fingerprint density at radius 2 is 1.85 bits per heavy atom. The summed E-state index contributed by atoms with van der Waals surface area (Å²) in [6.07, 6.45) is -5.40. The summed E-state index contributed by atoms with van der Waals surface area (Å²) in [6, 6.07) is 4.48. The molecule has 2 aromatic heterocycles. The number of carboxylic acids is 1. The first kappa shape index (κ1) is 24.0. The number of carboxylic acid groups (broad SMARTS) is 1. The molecule has 0 saturated heterocycles. The third-order valence-electron chi connectivity index (χ3n) is 4.76. The molecule has 0 bridgehead atoms. The maximum absolute atomic E-state index is 13.9. The average molecular weight is 471 g/mol. The second kappa shape index (κ2) is 9.43. The van der Waals surface area contributed by atoms with Gasteiger partial charge >= 0.3 is 12.1 Å². The SMILES string of the molecule is Cc1nc2c(OCc3c(F)cccc3F)cccn2c1C(=O)N[C@@H](CCC(F)(F)F)C(=O)O. The van der Waals surface area contributed by atoms with Gasteiger partial charge < -0.3 is 15.2 Å². The number of amides is 1. The van der Waals surface area contributed by atoms with Crippen LogP contribution in [-0.2, 0) is 11.4 Å². The van der Waals surface area contributed by atoms with E-state index in [0.29, 0.717) is 0 Å². The standard InChI is InChI=1S/C21H18F5N3O4/c1-11-17(19(30)28-15(20(31)32)7-8-21(24,25)26)29-9-3-6-16(18(29)27-11)33-10-12-13(22)4-2-5-14(12)23/h2-6,9,15H,7-8,10H2,1H3,(H,28,30)(H,31,32)/t15-/m0/s1. The number of aryl methyl sites for hydroxylation is 1. The summed E-state index contributed by atoms with van der Waals surface area (Å²) in [5.74, 6) is -4.10. The van der Waals surface area contributed by atoms with Crippen LogP contribution < -0.4 is 10.1 Å². The van der Waals surface area contributed by atoms with Gasteiger partial charge in [0.2, 0.25) is 0 Å². The molecule has 3 rings (SSSR count). The van der Waals surface area contributed by atoms with E-state index in [4.69, 9.17) is 4.74 Å². The third kappa shape index (κ3) is 5.57. The van der Waals surface area contributed by atoms with Crippen LogP contribution in [0.3, 0.4) is 0 Å². The van der Waals surface area contributed by atoms with Gasteiger partial charge in [0.1, 0.15) is 30.0 Å². The smallest absolute Gasteiger partial charge is 0.389 e. The van der Waals surface area contributed by atoms with E-state index in [1.807, 2.05) is 0 Å². The second-order valence-corrected chi connectivity index (χ2v) is 7.12. The van der Waals surface area contributed by atoms with E-state index in [1.165, 1.54) is 35.7 Å². The fraction of sp³-hybridized carbons (Fsp3) is 0.286. The van der Waals surface area contributed by atoms with Crippen LogP contribution in [0.25, 0.3) is 5.65 Å². The first-order valence-corrected chi connectivity index (χ1v) is 9.61. The molecule has 0 aliphatic heterocycles. The topological polar surface area (TPSA) is 92.9 Å². The number of ether oxygens (including phenoxy) is 1. The molecule has 1 aromatic carbocycles. The minimum absolute atomic E-state index is 0.0779. The van der Waals surface area contributed by atoms with Crippen LogP contribution in [-0.4, -0.2) is 38.6 Å². The summed E-state index contributed by atoms with van der Waals surface area (Å²) < 4.78 is 71.9. The number of rotatable bonds is 8. The summed E-state index contributed by atoms with van der Waals surface area (Å²) in [5.41, 5.74) is -0.194. The number of pyridine rings is 1. The summed E-state index contributed by atoms with van der Waals surface area (Å²) in [6.45, 7) is 0.970. The van der Waals surface area contributed by atoms with Crippen molar-refractivity contribution < 1.29 is 41.4 Å². The van der Waals surface area contributed by atoms with Gasteiger partial charge in [0.15, 0.2) is 11.4 Å². The van der Waals surface area contributed by atoms with Crippen molar-refractivity contribution in [2.24, 2.45) is 0 Å². The molecule has 0 saturated carbocycles. The zero-order valence-electron chi connectivity index (χ0n) is 17.1. The Labute approximate surface area is 183 Å². The van der Waals surface area contributed by atoms with Crippen LogP contribution in [0.2, 0.25) is 0 Å².